The highest BCUT2D eigenvalue weighted by Gasteiger charge is 2.16. The van der Waals surface area contributed by atoms with Gasteiger partial charge in [-0.3, -0.25) is 4.79 Å². The summed E-state index contributed by atoms with van der Waals surface area (Å²) in [5.74, 6) is -0.0846. The Labute approximate surface area is 121 Å². The van der Waals surface area contributed by atoms with E-state index in [0.29, 0.717) is 37.4 Å². The lowest BCUT2D eigenvalue weighted by Crippen LogP contribution is -2.39. The molecule has 1 amide bonds. The van der Waals surface area contributed by atoms with Crippen molar-refractivity contribution >= 4 is 11.5 Å². The van der Waals surface area contributed by atoms with Crippen LogP contribution >= 0.6 is 0 Å². The van der Waals surface area contributed by atoms with Crippen LogP contribution in [0.3, 0.4) is 0 Å². The number of nitrogens with zero attached hydrogens (tertiary/aromatic N) is 1. The number of halogens is 2. The Balaban J connectivity index is 2.16. The SMILES string of the molecule is C/C(=C\C(=O)N1CCOCC1)c1ccccc1OC(F)F. The molecular weight excluding hydrogens is 280 g/mol. The Hall–Kier alpha value is -1.95. The zero-order valence-corrected chi connectivity index (χ0v) is 11.7. The average molecular weight is 297 g/mol. The second-order valence-electron chi connectivity index (χ2n) is 4.64. The smallest absolute Gasteiger partial charge is 0.387 e. The molecule has 0 aromatic heterocycles. The molecule has 0 aliphatic carbocycles. The van der Waals surface area contributed by atoms with Crippen LogP contribution in [0, 0.1) is 0 Å². The Morgan fingerprint density at radius 1 is 1.33 bits per heavy atom. The van der Waals surface area contributed by atoms with Crippen molar-refractivity contribution in [3.63, 3.8) is 0 Å². The maximum atomic E-state index is 12.4. The van der Waals surface area contributed by atoms with E-state index in [1.807, 2.05) is 0 Å². The largest absolute Gasteiger partial charge is 0.434 e. The molecule has 1 aromatic carbocycles. The molecule has 2 rings (SSSR count). The summed E-state index contributed by atoms with van der Waals surface area (Å²) in [6.07, 6.45) is 1.44. The maximum Gasteiger partial charge on any atom is 0.387 e. The fourth-order valence-corrected chi connectivity index (χ4v) is 2.13. The molecule has 4 nitrogen and oxygen atoms in total. The average Bonchev–Trinajstić information content (AvgIpc) is 2.48. The van der Waals surface area contributed by atoms with Crippen LogP contribution in [0.5, 0.6) is 5.75 Å². The molecule has 6 heteroatoms. The van der Waals surface area contributed by atoms with Gasteiger partial charge in [-0.2, -0.15) is 8.78 Å². The zero-order chi connectivity index (χ0) is 15.2. The summed E-state index contributed by atoms with van der Waals surface area (Å²) in [5.41, 5.74) is 1.07. The van der Waals surface area contributed by atoms with Crippen molar-refractivity contribution in [3.05, 3.63) is 35.9 Å². The Morgan fingerprint density at radius 2 is 2.00 bits per heavy atom. The summed E-state index contributed by atoms with van der Waals surface area (Å²) < 4.78 is 34.4. The zero-order valence-electron chi connectivity index (χ0n) is 11.7. The number of allylic oxidation sites excluding steroid dienone is 1. The van der Waals surface area contributed by atoms with Crippen LogP contribution in [0.4, 0.5) is 8.78 Å². The summed E-state index contributed by atoms with van der Waals surface area (Å²) in [6, 6.07) is 6.43. The van der Waals surface area contributed by atoms with Crippen molar-refractivity contribution in [2.75, 3.05) is 26.3 Å². The second-order valence-corrected chi connectivity index (χ2v) is 4.64. The number of carbonyl (C=O) groups excluding carboxylic acids is 1. The van der Waals surface area contributed by atoms with E-state index < -0.39 is 6.61 Å². The fraction of sp³-hybridized carbons (Fsp3) is 0.400. The lowest BCUT2D eigenvalue weighted by molar-refractivity contribution is -0.129. The van der Waals surface area contributed by atoms with Crippen molar-refractivity contribution in [3.8, 4) is 5.75 Å². The minimum Gasteiger partial charge on any atom is -0.434 e. The fourth-order valence-electron chi connectivity index (χ4n) is 2.13. The second kappa shape index (κ2) is 7.17. The number of ether oxygens (including phenoxy) is 2. The third-order valence-corrected chi connectivity index (χ3v) is 3.19. The predicted octanol–water partition coefficient (Wildman–Crippen LogP) is 2.55. The van der Waals surface area contributed by atoms with Gasteiger partial charge in [0.05, 0.1) is 13.2 Å². The summed E-state index contributed by atoms with van der Waals surface area (Å²) in [4.78, 5) is 13.8. The molecule has 0 unspecified atom stereocenters. The summed E-state index contributed by atoms with van der Waals surface area (Å²) in [6.45, 7) is 0.920. The third-order valence-electron chi connectivity index (χ3n) is 3.19. The number of para-hydroxylation sites is 1. The number of amides is 1. The predicted molar refractivity (Wildman–Crippen MR) is 74.1 cm³/mol. The Bertz CT molecular complexity index is 525. The van der Waals surface area contributed by atoms with Crippen molar-refractivity contribution in [2.45, 2.75) is 13.5 Å². The molecule has 0 radical (unpaired) electrons. The molecule has 1 saturated heterocycles. The van der Waals surface area contributed by atoms with Gasteiger partial charge in [0.25, 0.3) is 0 Å². The first-order valence-electron chi connectivity index (χ1n) is 6.67. The van der Waals surface area contributed by atoms with Crippen LogP contribution in [0.1, 0.15) is 12.5 Å². The van der Waals surface area contributed by atoms with Gasteiger partial charge in [-0.25, -0.2) is 0 Å². The molecule has 21 heavy (non-hydrogen) atoms. The topological polar surface area (TPSA) is 38.8 Å². The van der Waals surface area contributed by atoms with Crippen molar-refractivity contribution < 1.29 is 23.0 Å². The van der Waals surface area contributed by atoms with Gasteiger partial charge in [-0.1, -0.05) is 18.2 Å². The van der Waals surface area contributed by atoms with E-state index in [2.05, 4.69) is 4.74 Å². The molecule has 1 aliphatic rings. The minimum absolute atomic E-state index is 0.0658. The van der Waals surface area contributed by atoms with Crippen LogP contribution in [-0.2, 0) is 9.53 Å². The maximum absolute atomic E-state index is 12.4. The summed E-state index contributed by atoms with van der Waals surface area (Å²) in [7, 11) is 0. The molecule has 114 valence electrons. The quantitative estimate of drug-likeness (QED) is 0.802. The van der Waals surface area contributed by atoms with Crippen LogP contribution in [0.15, 0.2) is 30.3 Å². The van der Waals surface area contributed by atoms with Gasteiger partial charge in [0.1, 0.15) is 5.75 Å². The van der Waals surface area contributed by atoms with Gasteiger partial charge in [-0.15, -0.1) is 0 Å². The van der Waals surface area contributed by atoms with Gasteiger partial charge in [0.2, 0.25) is 5.91 Å². The van der Waals surface area contributed by atoms with Crippen LogP contribution < -0.4 is 4.74 Å². The van der Waals surface area contributed by atoms with E-state index >= 15 is 0 Å². The van der Waals surface area contributed by atoms with E-state index in [4.69, 9.17) is 4.74 Å². The lowest BCUT2D eigenvalue weighted by Gasteiger charge is -2.26. The molecule has 0 N–H and O–H groups in total. The number of alkyl halides is 2. The highest BCUT2D eigenvalue weighted by molar-refractivity contribution is 5.95. The highest BCUT2D eigenvalue weighted by Crippen LogP contribution is 2.27. The van der Waals surface area contributed by atoms with Gasteiger partial charge in [0.15, 0.2) is 0 Å². The van der Waals surface area contributed by atoms with Crippen molar-refractivity contribution in [2.24, 2.45) is 0 Å². The van der Waals surface area contributed by atoms with Gasteiger partial charge in [0, 0.05) is 24.7 Å². The molecule has 0 atom stereocenters. The third kappa shape index (κ3) is 4.26. The van der Waals surface area contributed by atoms with Crippen LogP contribution in [-0.4, -0.2) is 43.7 Å². The van der Waals surface area contributed by atoms with Gasteiger partial charge < -0.3 is 14.4 Å². The molecule has 0 bridgehead atoms. The van der Waals surface area contributed by atoms with Crippen molar-refractivity contribution in [1.82, 2.24) is 4.90 Å². The molecule has 1 fully saturated rings. The first-order chi connectivity index (χ1) is 10.1. The Kier molecular flexibility index (Phi) is 5.27. The number of carbonyl (C=O) groups is 1. The van der Waals surface area contributed by atoms with E-state index in [1.54, 1.807) is 30.0 Å². The van der Waals surface area contributed by atoms with Crippen molar-refractivity contribution in [1.29, 1.82) is 0 Å². The molecule has 1 aliphatic heterocycles. The van der Waals surface area contributed by atoms with Crippen LogP contribution in [0.2, 0.25) is 0 Å². The molecule has 0 saturated carbocycles. The number of hydrogen-bond acceptors (Lipinski definition) is 3. The van der Waals surface area contributed by atoms with E-state index in [-0.39, 0.29) is 11.7 Å². The molecule has 0 spiro atoms. The normalized spacial score (nSPS) is 16.2. The van der Waals surface area contributed by atoms with E-state index in [9.17, 15) is 13.6 Å². The Morgan fingerprint density at radius 3 is 2.67 bits per heavy atom. The lowest BCUT2D eigenvalue weighted by atomic mass is 10.1. The number of benzene rings is 1. The first kappa shape index (κ1) is 15.4. The van der Waals surface area contributed by atoms with Crippen LogP contribution in [0.25, 0.3) is 5.57 Å². The van der Waals surface area contributed by atoms with E-state index in [1.165, 1.54) is 12.1 Å². The minimum atomic E-state index is -2.89. The number of morpholine rings is 1. The highest BCUT2D eigenvalue weighted by atomic mass is 19.3. The first-order valence-corrected chi connectivity index (χ1v) is 6.67. The van der Waals surface area contributed by atoms with Gasteiger partial charge >= 0.3 is 6.61 Å². The summed E-state index contributed by atoms with van der Waals surface area (Å²) in [5, 5.41) is 0. The molecule has 1 heterocycles. The standard InChI is InChI=1S/C15H17F2NO3/c1-11(10-14(19)18-6-8-20-9-7-18)12-4-2-3-5-13(12)21-15(16)17/h2-5,10,15H,6-9H2,1H3/b11-10+. The molecule has 1 aromatic rings. The van der Waals surface area contributed by atoms with E-state index in [0.717, 1.165) is 0 Å². The number of hydrogen-bond donors (Lipinski definition) is 0. The molecular formula is C15H17F2NO3. The summed E-state index contributed by atoms with van der Waals surface area (Å²) >= 11 is 0. The number of rotatable bonds is 4. The van der Waals surface area contributed by atoms with Gasteiger partial charge in [-0.05, 0) is 18.6 Å². The monoisotopic (exact) mass is 297 g/mol.